The number of halogens is 1. The van der Waals surface area contributed by atoms with Gasteiger partial charge in [-0.3, -0.25) is 13.9 Å². The fourth-order valence-corrected chi connectivity index (χ4v) is 4.72. The quantitative estimate of drug-likeness (QED) is 0.383. The minimum Gasteiger partial charge on any atom is -0.390 e. The van der Waals surface area contributed by atoms with Crippen LogP contribution in [0.5, 0.6) is 0 Å². The average Bonchev–Trinajstić information content (AvgIpc) is 3.12. The lowest BCUT2D eigenvalue weighted by Gasteiger charge is -2.22. The van der Waals surface area contributed by atoms with Crippen molar-refractivity contribution in [3.63, 3.8) is 0 Å². The number of carbonyl (C=O) groups is 1. The molecule has 196 valence electrons. The third kappa shape index (κ3) is 5.96. The molecule has 0 radical (unpaired) electrons. The molecule has 0 aliphatic carbocycles. The molecule has 1 aliphatic rings. The van der Waals surface area contributed by atoms with Gasteiger partial charge < -0.3 is 20.5 Å². The Morgan fingerprint density at radius 1 is 1.27 bits per heavy atom. The van der Waals surface area contributed by atoms with Gasteiger partial charge in [0.05, 0.1) is 22.3 Å². The zero-order valence-electron chi connectivity index (χ0n) is 21.2. The number of benzene rings is 1. The summed E-state index contributed by atoms with van der Waals surface area (Å²) in [4.78, 5) is 29.7. The van der Waals surface area contributed by atoms with Gasteiger partial charge in [-0.1, -0.05) is 11.6 Å². The summed E-state index contributed by atoms with van der Waals surface area (Å²) >= 11 is 6.19. The predicted molar refractivity (Wildman–Crippen MR) is 141 cm³/mol. The van der Waals surface area contributed by atoms with E-state index in [2.05, 4.69) is 15.6 Å². The van der Waals surface area contributed by atoms with Crippen LogP contribution in [0.1, 0.15) is 49.2 Å². The van der Waals surface area contributed by atoms with Gasteiger partial charge in [-0.05, 0) is 63.3 Å². The van der Waals surface area contributed by atoms with Crippen molar-refractivity contribution >= 4 is 39.9 Å². The molecular weight excluding hydrogens is 496 g/mol. The number of aryl methyl sites for hydroxylation is 1. The summed E-state index contributed by atoms with van der Waals surface area (Å²) in [5, 5.41) is 25.5. The molecule has 2 aromatic heterocycles. The van der Waals surface area contributed by atoms with E-state index >= 15 is 0 Å². The van der Waals surface area contributed by atoms with Crippen molar-refractivity contribution in [2.45, 2.75) is 51.8 Å². The van der Waals surface area contributed by atoms with Crippen LogP contribution in [-0.4, -0.2) is 51.0 Å². The minimum absolute atomic E-state index is 0.0692. The number of ether oxygens (including phenoxy) is 1. The number of pyridine rings is 1. The maximum absolute atomic E-state index is 13.5. The lowest BCUT2D eigenvalue weighted by molar-refractivity contribution is 0.0607. The van der Waals surface area contributed by atoms with Crippen LogP contribution in [0.4, 0.5) is 11.4 Å². The Kier molecular flexibility index (Phi) is 7.87. The predicted octanol–water partition coefficient (Wildman–Crippen LogP) is 3.41. The highest BCUT2D eigenvalue weighted by Crippen LogP contribution is 2.29. The number of nitriles is 1. The SMILES string of the molecule is CNC(=O)c1cc(Nc2ccc3c(c2)n(CCC(C)(C)O)c(=O)n3CC2CCOCC2)c(C#N)c(Cl)n1. The van der Waals surface area contributed by atoms with Crippen molar-refractivity contribution < 1.29 is 14.6 Å². The van der Waals surface area contributed by atoms with Gasteiger partial charge in [0.25, 0.3) is 5.91 Å². The number of hydrogen-bond donors (Lipinski definition) is 3. The van der Waals surface area contributed by atoms with Crippen molar-refractivity contribution in [2.75, 3.05) is 25.6 Å². The first-order valence-corrected chi connectivity index (χ1v) is 12.6. The Labute approximate surface area is 219 Å². The van der Waals surface area contributed by atoms with E-state index in [1.165, 1.54) is 13.1 Å². The van der Waals surface area contributed by atoms with Crippen LogP contribution in [0.2, 0.25) is 5.15 Å². The summed E-state index contributed by atoms with van der Waals surface area (Å²) in [5.74, 6) is -0.0894. The topological polar surface area (TPSA) is 134 Å². The lowest BCUT2D eigenvalue weighted by atomic mass is 10.0. The van der Waals surface area contributed by atoms with Gasteiger partial charge in [0.2, 0.25) is 0 Å². The Hall–Kier alpha value is -3.39. The molecule has 0 saturated carbocycles. The van der Waals surface area contributed by atoms with Crippen LogP contribution in [-0.2, 0) is 17.8 Å². The fraction of sp³-hybridized carbons (Fsp3) is 0.462. The van der Waals surface area contributed by atoms with E-state index in [0.717, 1.165) is 18.4 Å². The number of aromatic nitrogens is 3. The third-order valence-electron chi connectivity index (χ3n) is 6.57. The Balaban J connectivity index is 1.77. The summed E-state index contributed by atoms with van der Waals surface area (Å²) < 4.78 is 8.95. The van der Waals surface area contributed by atoms with Crippen LogP contribution in [0.15, 0.2) is 29.1 Å². The second-order valence-corrected chi connectivity index (χ2v) is 10.3. The van der Waals surface area contributed by atoms with Crippen molar-refractivity contribution in [2.24, 2.45) is 5.92 Å². The van der Waals surface area contributed by atoms with E-state index in [1.54, 1.807) is 23.0 Å². The second-order valence-electron chi connectivity index (χ2n) is 9.90. The second kappa shape index (κ2) is 10.9. The van der Waals surface area contributed by atoms with E-state index in [1.807, 2.05) is 24.3 Å². The van der Waals surface area contributed by atoms with Crippen LogP contribution >= 0.6 is 11.6 Å². The number of rotatable bonds is 8. The molecule has 3 N–H and O–H groups in total. The van der Waals surface area contributed by atoms with E-state index in [9.17, 15) is 20.0 Å². The molecule has 11 heteroatoms. The van der Waals surface area contributed by atoms with Crippen molar-refractivity contribution in [1.82, 2.24) is 19.4 Å². The highest BCUT2D eigenvalue weighted by molar-refractivity contribution is 6.31. The maximum Gasteiger partial charge on any atom is 0.329 e. The maximum atomic E-state index is 13.5. The highest BCUT2D eigenvalue weighted by atomic mass is 35.5. The molecule has 1 amide bonds. The first kappa shape index (κ1) is 26.7. The Morgan fingerprint density at radius 3 is 2.65 bits per heavy atom. The number of amides is 1. The smallest absolute Gasteiger partial charge is 0.329 e. The zero-order chi connectivity index (χ0) is 26.7. The first-order valence-electron chi connectivity index (χ1n) is 12.2. The molecule has 3 heterocycles. The van der Waals surface area contributed by atoms with Crippen molar-refractivity contribution in [1.29, 1.82) is 5.26 Å². The number of nitrogens with one attached hydrogen (secondary N) is 2. The number of aliphatic hydroxyl groups is 1. The van der Waals surface area contributed by atoms with Crippen LogP contribution in [0.3, 0.4) is 0 Å². The zero-order valence-corrected chi connectivity index (χ0v) is 21.9. The fourth-order valence-electron chi connectivity index (χ4n) is 4.48. The minimum atomic E-state index is -0.934. The van der Waals surface area contributed by atoms with Crippen molar-refractivity contribution in [3.8, 4) is 6.07 Å². The molecular formula is C26H31ClN6O4. The number of nitrogens with zero attached hydrogens (tertiary/aromatic N) is 4. The van der Waals surface area contributed by atoms with Gasteiger partial charge in [-0.15, -0.1) is 0 Å². The van der Waals surface area contributed by atoms with Crippen LogP contribution < -0.4 is 16.3 Å². The van der Waals surface area contributed by atoms with Gasteiger partial charge >= 0.3 is 5.69 Å². The summed E-state index contributed by atoms with van der Waals surface area (Å²) in [6.45, 7) is 5.75. The van der Waals surface area contributed by atoms with Gasteiger partial charge in [-0.2, -0.15) is 5.26 Å². The monoisotopic (exact) mass is 526 g/mol. The van der Waals surface area contributed by atoms with E-state index in [-0.39, 0.29) is 22.1 Å². The van der Waals surface area contributed by atoms with Crippen LogP contribution in [0.25, 0.3) is 11.0 Å². The molecule has 1 saturated heterocycles. The normalized spacial score (nSPS) is 14.5. The molecule has 3 aromatic rings. The molecule has 0 bridgehead atoms. The molecule has 1 fully saturated rings. The molecule has 0 unspecified atom stereocenters. The Bertz CT molecular complexity index is 1410. The van der Waals surface area contributed by atoms with Gasteiger partial charge in [0.1, 0.15) is 22.5 Å². The lowest BCUT2D eigenvalue weighted by Crippen LogP contribution is -2.31. The molecule has 0 atom stereocenters. The first-order chi connectivity index (χ1) is 17.6. The van der Waals surface area contributed by atoms with E-state index in [4.69, 9.17) is 16.3 Å². The van der Waals surface area contributed by atoms with E-state index < -0.39 is 11.5 Å². The molecule has 4 rings (SSSR count). The molecule has 1 aromatic carbocycles. The number of imidazole rings is 1. The largest absolute Gasteiger partial charge is 0.390 e. The summed E-state index contributed by atoms with van der Waals surface area (Å²) in [7, 11) is 1.48. The van der Waals surface area contributed by atoms with E-state index in [0.29, 0.717) is 55.5 Å². The number of hydrogen-bond acceptors (Lipinski definition) is 7. The molecule has 0 spiro atoms. The van der Waals surface area contributed by atoms with Crippen molar-refractivity contribution in [3.05, 3.63) is 51.2 Å². The average molecular weight is 527 g/mol. The van der Waals surface area contributed by atoms with Gasteiger partial charge in [0.15, 0.2) is 0 Å². The summed E-state index contributed by atoms with van der Waals surface area (Å²) in [6, 6.07) is 9.01. The molecule has 10 nitrogen and oxygen atoms in total. The highest BCUT2D eigenvalue weighted by Gasteiger charge is 2.22. The number of fused-ring (bicyclic) bond motifs is 1. The van der Waals surface area contributed by atoms with Crippen LogP contribution in [0, 0.1) is 17.2 Å². The third-order valence-corrected chi connectivity index (χ3v) is 6.85. The van der Waals surface area contributed by atoms with Gasteiger partial charge in [0, 0.05) is 39.0 Å². The van der Waals surface area contributed by atoms with Gasteiger partial charge in [-0.25, -0.2) is 9.78 Å². The molecule has 1 aliphatic heterocycles. The Morgan fingerprint density at radius 2 is 2.00 bits per heavy atom. The summed E-state index contributed by atoms with van der Waals surface area (Å²) in [6.07, 6.45) is 2.20. The molecule has 37 heavy (non-hydrogen) atoms. The number of carbonyl (C=O) groups excluding carboxylic acids is 1. The summed E-state index contributed by atoms with van der Waals surface area (Å²) in [5.41, 5.74) is 1.53. The standard InChI is InChI=1S/C26H31ClN6O4/c1-26(2,36)8-9-32-22-12-17(30-19-13-20(24(34)29-3)31-23(27)18(19)14-28)4-5-21(22)33(25(32)35)15-16-6-10-37-11-7-16/h4-5,12-13,16,36H,6-11,15H2,1-3H3,(H,29,34)(H,30,31). The number of anilines is 2.